The fraction of sp³-hybridized carbons (Fsp3) is 0.125. The number of ketones is 2. The van der Waals surface area contributed by atoms with Gasteiger partial charge in [-0.15, -0.1) is 0 Å². The maximum Gasteiger partial charge on any atom is 0.225 e. The Morgan fingerprint density at radius 2 is 1.33 bits per heavy atom. The minimum absolute atomic E-state index is 0.0445. The lowest BCUT2D eigenvalue weighted by Gasteiger charge is -2.35. The summed E-state index contributed by atoms with van der Waals surface area (Å²) in [6.45, 7) is 0. The third-order valence-corrected chi connectivity index (χ3v) is 3.45. The van der Waals surface area contributed by atoms with Gasteiger partial charge in [0.05, 0.1) is 5.69 Å². The molecule has 2 aromatic rings. The molecule has 21 heavy (non-hydrogen) atoms. The van der Waals surface area contributed by atoms with Gasteiger partial charge in [0.1, 0.15) is 17.8 Å². The SMILES string of the molecule is O=C1C(=O)C(Nc2ccccc2O)C1Nc1ccccc1. The van der Waals surface area contributed by atoms with E-state index in [0.29, 0.717) is 5.69 Å². The van der Waals surface area contributed by atoms with Crippen molar-refractivity contribution in [3.05, 3.63) is 54.6 Å². The van der Waals surface area contributed by atoms with Crippen molar-refractivity contribution < 1.29 is 14.7 Å². The average Bonchev–Trinajstić information content (AvgIpc) is 2.53. The molecule has 0 aromatic heterocycles. The standard InChI is InChI=1S/C16H14N2O3/c19-12-9-5-4-8-11(12)18-14-13(15(20)16(14)21)17-10-6-2-1-3-7-10/h1-9,13-14,17-19H. The zero-order valence-electron chi connectivity index (χ0n) is 11.1. The molecule has 1 fully saturated rings. The third-order valence-electron chi connectivity index (χ3n) is 3.45. The molecule has 106 valence electrons. The van der Waals surface area contributed by atoms with Gasteiger partial charge in [-0.1, -0.05) is 30.3 Å². The zero-order chi connectivity index (χ0) is 14.8. The van der Waals surface area contributed by atoms with Crippen LogP contribution in [0.4, 0.5) is 11.4 Å². The second kappa shape index (κ2) is 5.28. The van der Waals surface area contributed by atoms with Crippen LogP contribution in [0.5, 0.6) is 5.75 Å². The first kappa shape index (κ1) is 13.2. The molecular formula is C16H14N2O3. The molecule has 5 nitrogen and oxygen atoms in total. The lowest BCUT2D eigenvalue weighted by Crippen LogP contribution is -2.64. The number of hydrogen-bond acceptors (Lipinski definition) is 5. The highest BCUT2D eigenvalue weighted by Gasteiger charge is 2.49. The second-order valence-corrected chi connectivity index (χ2v) is 4.86. The fourth-order valence-corrected chi connectivity index (χ4v) is 2.29. The van der Waals surface area contributed by atoms with Crippen LogP contribution in [0, 0.1) is 0 Å². The number of aromatic hydroxyl groups is 1. The first-order valence-electron chi connectivity index (χ1n) is 6.61. The molecule has 3 rings (SSSR count). The predicted molar refractivity (Wildman–Crippen MR) is 79.4 cm³/mol. The molecule has 0 saturated heterocycles. The molecule has 0 heterocycles. The summed E-state index contributed by atoms with van der Waals surface area (Å²) >= 11 is 0. The van der Waals surface area contributed by atoms with Crippen LogP contribution in [0.3, 0.4) is 0 Å². The summed E-state index contributed by atoms with van der Waals surface area (Å²) < 4.78 is 0. The van der Waals surface area contributed by atoms with Gasteiger partial charge in [-0.05, 0) is 24.3 Å². The molecule has 0 aliphatic heterocycles. The quantitative estimate of drug-likeness (QED) is 0.589. The molecule has 1 aliphatic carbocycles. The van der Waals surface area contributed by atoms with E-state index in [1.165, 1.54) is 6.07 Å². The molecule has 2 unspecified atom stereocenters. The Bertz CT molecular complexity index is 685. The Labute approximate surface area is 121 Å². The number of nitrogens with one attached hydrogen (secondary N) is 2. The van der Waals surface area contributed by atoms with Crippen LogP contribution in [0.15, 0.2) is 54.6 Å². The Balaban J connectivity index is 1.76. The summed E-state index contributed by atoms with van der Waals surface area (Å²) in [6, 6.07) is 14.5. The van der Waals surface area contributed by atoms with Gasteiger partial charge in [0.25, 0.3) is 0 Å². The molecule has 2 aromatic carbocycles. The fourth-order valence-electron chi connectivity index (χ4n) is 2.29. The first-order chi connectivity index (χ1) is 10.2. The smallest absolute Gasteiger partial charge is 0.225 e. The Hall–Kier alpha value is -2.82. The summed E-state index contributed by atoms with van der Waals surface area (Å²) in [5.74, 6) is -0.887. The Morgan fingerprint density at radius 3 is 2.00 bits per heavy atom. The van der Waals surface area contributed by atoms with Crippen molar-refractivity contribution in [3.8, 4) is 5.75 Å². The van der Waals surface area contributed by atoms with Crippen LogP contribution in [0.25, 0.3) is 0 Å². The highest BCUT2D eigenvalue weighted by atomic mass is 16.3. The predicted octanol–water partition coefficient (Wildman–Crippen LogP) is 1.81. The lowest BCUT2D eigenvalue weighted by atomic mass is 9.82. The van der Waals surface area contributed by atoms with Crippen molar-refractivity contribution in [3.63, 3.8) is 0 Å². The lowest BCUT2D eigenvalue weighted by molar-refractivity contribution is -0.144. The van der Waals surface area contributed by atoms with Crippen molar-refractivity contribution in [1.82, 2.24) is 0 Å². The van der Waals surface area contributed by atoms with E-state index in [2.05, 4.69) is 10.6 Å². The maximum absolute atomic E-state index is 11.7. The van der Waals surface area contributed by atoms with Gasteiger partial charge >= 0.3 is 0 Å². The van der Waals surface area contributed by atoms with Gasteiger partial charge < -0.3 is 15.7 Å². The largest absolute Gasteiger partial charge is 0.506 e. The minimum Gasteiger partial charge on any atom is -0.506 e. The number of benzene rings is 2. The summed E-state index contributed by atoms with van der Waals surface area (Å²) in [6.07, 6.45) is 0. The molecule has 1 aliphatic rings. The van der Waals surface area contributed by atoms with E-state index in [9.17, 15) is 14.7 Å². The van der Waals surface area contributed by atoms with E-state index in [1.807, 2.05) is 30.3 Å². The number of anilines is 2. The van der Waals surface area contributed by atoms with Crippen molar-refractivity contribution >= 4 is 22.9 Å². The zero-order valence-corrected chi connectivity index (χ0v) is 11.1. The molecule has 5 heteroatoms. The summed E-state index contributed by atoms with van der Waals surface area (Å²) in [5.41, 5.74) is 1.20. The van der Waals surface area contributed by atoms with Crippen molar-refractivity contribution in [1.29, 1.82) is 0 Å². The average molecular weight is 282 g/mol. The topological polar surface area (TPSA) is 78.4 Å². The van der Waals surface area contributed by atoms with Crippen LogP contribution in [0.1, 0.15) is 0 Å². The van der Waals surface area contributed by atoms with Crippen LogP contribution >= 0.6 is 0 Å². The molecule has 2 atom stereocenters. The minimum atomic E-state index is -0.675. The van der Waals surface area contributed by atoms with E-state index >= 15 is 0 Å². The molecular weight excluding hydrogens is 268 g/mol. The summed E-state index contributed by atoms with van der Waals surface area (Å²) in [7, 11) is 0. The van der Waals surface area contributed by atoms with Gasteiger partial charge in [-0.3, -0.25) is 9.59 Å². The number of hydrogen-bond donors (Lipinski definition) is 3. The van der Waals surface area contributed by atoms with Crippen LogP contribution < -0.4 is 10.6 Å². The van der Waals surface area contributed by atoms with Crippen molar-refractivity contribution in [2.24, 2.45) is 0 Å². The number of Topliss-reactive ketones (excluding diaryl/α,β-unsaturated/α-hetero) is 2. The Kier molecular flexibility index (Phi) is 3.31. The Morgan fingerprint density at radius 1 is 0.762 bits per heavy atom. The molecule has 0 bridgehead atoms. The highest BCUT2D eigenvalue weighted by Crippen LogP contribution is 2.27. The molecule has 1 saturated carbocycles. The van der Waals surface area contributed by atoms with E-state index in [4.69, 9.17) is 0 Å². The molecule has 0 radical (unpaired) electrons. The monoisotopic (exact) mass is 282 g/mol. The van der Waals surface area contributed by atoms with Crippen molar-refractivity contribution in [2.45, 2.75) is 12.1 Å². The van der Waals surface area contributed by atoms with E-state index in [0.717, 1.165) is 5.69 Å². The number of rotatable bonds is 4. The van der Waals surface area contributed by atoms with Gasteiger partial charge in [0.2, 0.25) is 11.6 Å². The van der Waals surface area contributed by atoms with Gasteiger partial charge in [-0.25, -0.2) is 0 Å². The van der Waals surface area contributed by atoms with Crippen LogP contribution in [-0.4, -0.2) is 28.8 Å². The molecule has 3 N–H and O–H groups in total. The van der Waals surface area contributed by atoms with Gasteiger partial charge in [0, 0.05) is 5.69 Å². The van der Waals surface area contributed by atoms with E-state index < -0.39 is 23.7 Å². The highest BCUT2D eigenvalue weighted by molar-refractivity contribution is 6.50. The van der Waals surface area contributed by atoms with Crippen LogP contribution in [-0.2, 0) is 9.59 Å². The van der Waals surface area contributed by atoms with E-state index in [-0.39, 0.29) is 5.75 Å². The van der Waals surface area contributed by atoms with Gasteiger partial charge in [0.15, 0.2) is 0 Å². The molecule has 0 amide bonds. The maximum atomic E-state index is 11.7. The van der Waals surface area contributed by atoms with Crippen LogP contribution in [0.2, 0.25) is 0 Å². The summed E-state index contributed by atoms with van der Waals surface area (Å²) in [4.78, 5) is 23.5. The number of carbonyl (C=O) groups excluding carboxylic acids is 2. The third kappa shape index (κ3) is 2.45. The van der Waals surface area contributed by atoms with Gasteiger partial charge in [-0.2, -0.15) is 0 Å². The molecule has 0 spiro atoms. The number of para-hydroxylation sites is 3. The normalized spacial score (nSPS) is 20.8. The number of phenolic OH excluding ortho intramolecular Hbond substituents is 1. The number of carbonyl (C=O) groups is 2. The second-order valence-electron chi connectivity index (χ2n) is 4.86. The first-order valence-corrected chi connectivity index (χ1v) is 6.61. The van der Waals surface area contributed by atoms with E-state index in [1.54, 1.807) is 18.2 Å². The number of phenols is 1. The summed E-state index contributed by atoms with van der Waals surface area (Å²) in [5, 5.41) is 15.7. The van der Waals surface area contributed by atoms with Crippen molar-refractivity contribution in [2.75, 3.05) is 10.6 Å².